The van der Waals surface area contributed by atoms with Crippen molar-refractivity contribution >= 4 is 23.7 Å². The standard InChI is InChI=1S/C18H17ClN2O4/c1-11-5-14(6-12(2)18(11)19)23-9-17(22)21-20-8-13-3-4-15-16(7-13)25-10-24-15/h3-8H,9-10H2,1-2H3,(H,21,22)/b20-8+. The van der Waals surface area contributed by atoms with Crippen LogP contribution < -0.4 is 19.6 Å². The summed E-state index contributed by atoms with van der Waals surface area (Å²) in [4.78, 5) is 11.8. The molecule has 1 amide bonds. The number of fused-ring (bicyclic) bond motifs is 1. The molecule has 0 aromatic heterocycles. The lowest BCUT2D eigenvalue weighted by Crippen LogP contribution is -2.24. The van der Waals surface area contributed by atoms with E-state index >= 15 is 0 Å². The maximum Gasteiger partial charge on any atom is 0.277 e. The molecule has 0 unspecified atom stereocenters. The van der Waals surface area contributed by atoms with Gasteiger partial charge in [0.2, 0.25) is 6.79 Å². The third kappa shape index (κ3) is 4.22. The molecular formula is C18H17ClN2O4. The number of nitrogens with one attached hydrogen (secondary N) is 1. The Morgan fingerprint density at radius 1 is 1.24 bits per heavy atom. The first kappa shape index (κ1) is 17.1. The van der Waals surface area contributed by atoms with Gasteiger partial charge in [0, 0.05) is 5.02 Å². The van der Waals surface area contributed by atoms with Gasteiger partial charge in [-0.05, 0) is 60.9 Å². The minimum absolute atomic E-state index is 0.140. The van der Waals surface area contributed by atoms with E-state index in [9.17, 15) is 4.79 Å². The molecule has 0 aliphatic carbocycles. The third-order valence-electron chi connectivity index (χ3n) is 3.58. The van der Waals surface area contributed by atoms with Gasteiger partial charge >= 0.3 is 0 Å². The van der Waals surface area contributed by atoms with Crippen molar-refractivity contribution in [3.63, 3.8) is 0 Å². The Morgan fingerprint density at radius 3 is 2.72 bits per heavy atom. The van der Waals surface area contributed by atoms with Crippen molar-refractivity contribution < 1.29 is 19.0 Å². The number of amides is 1. The van der Waals surface area contributed by atoms with E-state index in [1.54, 1.807) is 24.3 Å². The maximum atomic E-state index is 11.8. The Morgan fingerprint density at radius 2 is 1.96 bits per heavy atom. The normalized spacial score (nSPS) is 12.4. The first-order chi connectivity index (χ1) is 12.0. The smallest absolute Gasteiger partial charge is 0.277 e. The molecular weight excluding hydrogens is 344 g/mol. The summed E-state index contributed by atoms with van der Waals surface area (Å²) < 4.78 is 16.0. The summed E-state index contributed by atoms with van der Waals surface area (Å²) in [5.74, 6) is 1.59. The van der Waals surface area contributed by atoms with E-state index in [2.05, 4.69) is 10.5 Å². The van der Waals surface area contributed by atoms with Crippen LogP contribution in [0.15, 0.2) is 35.4 Å². The molecule has 0 fully saturated rings. The van der Waals surface area contributed by atoms with Crippen molar-refractivity contribution in [1.29, 1.82) is 0 Å². The zero-order valence-electron chi connectivity index (χ0n) is 13.8. The minimum atomic E-state index is -0.359. The fourth-order valence-corrected chi connectivity index (χ4v) is 2.45. The molecule has 2 aromatic rings. The average Bonchev–Trinajstić information content (AvgIpc) is 3.05. The van der Waals surface area contributed by atoms with E-state index in [0.717, 1.165) is 16.7 Å². The molecule has 7 heteroatoms. The molecule has 25 heavy (non-hydrogen) atoms. The molecule has 1 N–H and O–H groups in total. The van der Waals surface area contributed by atoms with Crippen molar-refractivity contribution in [3.8, 4) is 17.2 Å². The van der Waals surface area contributed by atoms with Crippen LogP contribution in [-0.4, -0.2) is 25.5 Å². The minimum Gasteiger partial charge on any atom is -0.484 e. The van der Waals surface area contributed by atoms with Crippen LogP contribution in [0.4, 0.5) is 0 Å². The van der Waals surface area contributed by atoms with Crippen LogP contribution in [0, 0.1) is 13.8 Å². The van der Waals surface area contributed by atoms with E-state index in [0.29, 0.717) is 22.3 Å². The highest BCUT2D eigenvalue weighted by Gasteiger charge is 2.12. The van der Waals surface area contributed by atoms with E-state index in [1.165, 1.54) is 6.21 Å². The highest BCUT2D eigenvalue weighted by atomic mass is 35.5. The van der Waals surface area contributed by atoms with Gasteiger partial charge in [-0.1, -0.05) is 11.6 Å². The second kappa shape index (κ2) is 7.44. The predicted octanol–water partition coefficient (Wildman–Crippen LogP) is 3.21. The molecule has 0 radical (unpaired) electrons. The zero-order chi connectivity index (χ0) is 17.8. The number of nitrogens with zero attached hydrogens (tertiary/aromatic N) is 1. The Bertz CT molecular complexity index is 813. The molecule has 6 nitrogen and oxygen atoms in total. The van der Waals surface area contributed by atoms with Crippen LogP contribution in [0.5, 0.6) is 17.2 Å². The molecule has 0 atom stereocenters. The Balaban J connectivity index is 1.51. The molecule has 0 saturated heterocycles. The van der Waals surface area contributed by atoms with Crippen LogP contribution in [0.25, 0.3) is 0 Å². The van der Waals surface area contributed by atoms with Crippen LogP contribution in [-0.2, 0) is 4.79 Å². The van der Waals surface area contributed by atoms with Gasteiger partial charge in [0.1, 0.15) is 5.75 Å². The number of hydrogen-bond acceptors (Lipinski definition) is 5. The Kier molecular flexibility index (Phi) is 5.09. The number of benzene rings is 2. The average molecular weight is 361 g/mol. The summed E-state index contributed by atoms with van der Waals surface area (Å²) in [7, 11) is 0. The summed E-state index contributed by atoms with van der Waals surface area (Å²) in [5, 5.41) is 4.61. The molecule has 3 rings (SSSR count). The number of hydrazone groups is 1. The first-order valence-corrected chi connectivity index (χ1v) is 8.02. The van der Waals surface area contributed by atoms with Gasteiger partial charge in [-0.25, -0.2) is 5.43 Å². The van der Waals surface area contributed by atoms with Gasteiger partial charge in [0.05, 0.1) is 6.21 Å². The lowest BCUT2D eigenvalue weighted by atomic mass is 10.1. The van der Waals surface area contributed by atoms with Gasteiger partial charge in [-0.3, -0.25) is 4.79 Å². The van der Waals surface area contributed by atoms with Crippen LogP contribution in [0.2, 0.25) is 5.02 Å². The Labute approximate surface area is 150 Å². The van der Waals surface area contributed by atoms with Crippen molar-refractivity contribution in [2.45, 2.75) is 13.8 Å². The highest BCUT2D eigenvalue weighted by molar-refractivity contribution is 6.32. The first-order valence-electron chi connectivity index (χ1n) is 7.64. The number of rotatable bonds is 5. The van der Waals surface area contributed by atoms with Crippen molar-refractivity contribution in [2.24, 2.45) is 5.10 Å². The lowest BCUT2D eigenvalue weighted by Gasteiger charge is -2.09. The quantitative estimate of drug-likeness (QED) is 0.656. The number of halogens is 1. The molecule has 0 spiro atoms. The largest absolute Gasteiger partial charge is 0.484 e. The summed E-state index contributed by atoms with van der Waals surface area (Å²) in [6.07, 6.45) is 1.52. The second-order valence-electron chi connectivity index (χ2n) is 5.57. The van der Waals surface area contributed by atoms with E-state index in [1.807, 2.05) is 19.9 Å². The summed E-state index contributed by atoms with van der Waals surface area (Å²) in [6.45, 7) is 3.85. The SMILES string of the molecule is Cc1cc(OCC(=O)N/N=C/c2ccc3c(c2)OCO3)cc(C)c1Cl. The molecule has 0 saturated carbocycles. The molecule has 1 aliphatic rings. The molecule has 2 aromatic carbocycles. The summed E-state index contributed by atoms with van der Waals surface area (Å²) in [5.41, 5.74) is 5.01. The molecule has 1 heterocycles. The van der Waals surface area contributed by atoms with Crippen LogP contribution in [0.3, 0.4) is 0 Å². The van der Waals surface area contributed by atoms with E-state index in [-0.39, 0.29) is 19.3 Å². The van der Waals surface area contributed by atoms with Crippen LogP contribution >= 0.6 is 11.6 Å². The van der Waals surface area contributed by atoms with Gasteiger partial charge in [-0.2, -0.15) is 5.10 Å². The number of carbonyl (C=O) groups excluding carboxylic acids is 1. The van der Waals surface area contributed by atoms with Crippen molar-refractivity contribution in [3.05, 3.63) is 52.0 Å². The van der Waals surface area contributed by atoms with Gasteiger partial charge in [0.25, 0.3) is 5.91 Å². The molecule has 130 valence electrons. The monoisotopic (exact) mass is 360 g/mol. The van der Waals surface area contributed by atoms with Gasteiger partial charge in [-0.15, -0.1) is 0 Å². The van der Waals surface area contributed by atoms with E-state index in [4.69, 9.17) is 25.8 Å². The fraction of sp³-hybridized carbons (Fsp3) is 0.222. The number of carbonyl (C=O) groups is 1. The topological polar surface area (TPSA) is 69.2 Å². The van der Waals surface area contributed by atoms with Gasteiger partial charge in [0.15, 0.2) is 18.1 Å². The second-order valence-corrected chi connectivity index (χ2v) is 5.94. The maximum absolute atomic E-state index is 11.8. The van der Waals surface area contributed by atoms with Gasteiger partial charge < -0.3 is 14.2 Å². The number of aryl methyl sites for hydroxylation is 2. The molecule has 1 aliphatic heterocycles. The van der Waals surface area contributed by atoms with E-state index < -0.39 is 0 Å². The Hall–Kier alpha value is -2.73. The number of hydrogen-bond donors (Lipinski definition) is 1. The molecule has 0 bridgehead atoms. The summed E-state index contributed by atoms with van der Waals surface area (Å²) >= 11 is 6.10. The zero-order valence-corrected chi connectivity index (χ0v) is 14.6. The fourth-order valence-electron chi connectivity index (χ4n) is 2.34. The lowest BCUT2D eigenvalue weighted by molar-refractivity contribution is -0.123. The predicted molar refractivity (Wildman–Crippen MR) is 94.7 cm³/mol. The van der Waals surface area contributed by atoms with Crippen molar-refractivity contribution in [2.75, 3.05) is 13.4 Å². The highest BCUT2D eigenvalue weighted by Crippen LogP contribution is 2.32. The van der Waals surface area contributed by atoms with Crippen molar-refractivity contribution in [1.82, 2.24) is 5.43 Å². The summed E-state index contributed by atoms with van der Waals surface area (Å²) in [6, 6.07) is 8.98. The number of ether oxygens (including phenoxy) is 3. The third-order valence-corrected chi connectivity index (χ3v) is 4.18. The van der Waals surface area contributed by atoms with Crippen LogP contribution in [0.1, 0.15) is 16.7 Å².